The van der Waals surface area contributed by atoms with Gasteiger partial charge < -0.3 is 15.5 Å². The van der Waals surface area contributed by atoms with Gasteiger partial charge in [-0.2, -0.15) is 5.26 Å². The summed E-state index contributed by atoms with van der Waals surface area (Å²) in [5.74, 6) is -0.0813. The van der Waals surface area contributed by atoms with Gasteiger partial charge in [0.25, 0.3) is 11.8 Å². The van der Waals surface area contributed by atoms with Gasteiger partial charge in [0.2, 0.25) is 0 Å². The van der Waals surface area contributed by atoms with E-state index in [-0.39, 0.29) is 30.8 Å². The number of rotatable bonds is 8. The number of amides is 2. The maximum atomic E-state index is 12.2. The second kappa shape index (κ2) is 8.13. The first-order chi connectivity index (χ1) is 11.9. The van der Waals surface area contributed by atoms with Gasteiger partial charge in [-0.1, -0.05) is 25.1 Å². The first kappa shape index (κ1) is 18.9. The number of nitrogens with zero attached hydrogens (tertiary/aromatic N) is 1. The number of carbonyl (C=O) groups excluding carboxylic acids is 2. The van der Waals surface area contributed by atoms with Gasteiger partial charge in [0.05, 0.1) is 13.1 Å². The summed E-state index contributed by atoms with van der Waals surface area (Å²) in [4.78, 5) is 25.2. The number of hydrogen-bond acceptors (Lipinski definition) is 3. The molecular formula is C19H27N4O2+. The zero-order valence-electron chi connectivity index (χ0n) is 15.2. The van der Waals surface area contributed by atoms with E-state index < -0.39 is 5.54 Å². The van der Waals surface area contributed by atoms with Crippen LogP contribution >= 0.6 is 0 Å². The number of aryl methyl sites for hydroxylation is 1. The lowest BCUT2D eigenvalue weighted by molar-refractivity contribution is -0.862. The molecule has 1 aromatic rings. The van der Waals surface area contributed by atoms with Crippen LogP contribution in [-0.4, -0.2) is 37.5 Å². The van der Waals surface area contributed by atoms with E-state index in [1.165, 1.54) is 0 Å². The summed E-state index contributed by atoms with van der Waals surface area (Å²) in [6.45, 7) is 4.16. The van der Waals surface area contributed by atoms with Gasteiger partial charge in [0.1, 0.15) is 5.54 Å². The molecule has 0 bridgehead atoms. The molecule has 6 nitrogen and oxygen atoms in total. The lowest BCUT2D eigenvalue weighted by Gasteiger charge is -2.23. The molecule has 1 fully saturated rings. The first-order valence-electron chi connectivity index (χ1n) is 8.79. The van der Waals surface area contributed by atoms with E-state index in [9.17, 15) is 14.9 Å². The molecule has 2 atom stereocenters. The van der Waals surface area contributed by atoms with Gasteiger partial charge in [-0.05, 0) is 43.7 Å². The lowest BCUT2D eigenvalue weighted by Crippen LogP contribution is -3.11. The van der Waals surface area contributed by atoms with Crippen molar-refractivity contribution in [3.05, 3.63) is 29.8 Å². The third-order valence-corrected chi connectivity index (χ3v) is 4.62. The van der Waals surface area contributed by atoms with Crippen molar-refractivity contribution in [1.82, 2.24) is 5.32 Å². The van der Waals surface area contributed by atoms with E-state index in [1.54, 1.807) is 14.0 Å². The molecule has 0 heterocycles. The standard InChI is InChI=1S/C19H26N4O2/c1-4-14-7-5-6-8-16(14)21-17(24)11-23(3)12-18(25)22-19(2,13-20)15-9-10-15/h5-8,15H,4,9-12H2,1-3H3,(H,21,24)(H,22,25)/p+1/t19-/m1/s1. The Bertz CT molecular complexity index is 678. The summed E-state index contributed by atoms with van der Waals surface area (Å²) in [6, 6.07) is 9.91. The van der Waals surface area contributed by atoms with Crippen molar-refractivity contribution in [2.45, 2.75) is 38.6 Å². The van der Waals surface area contributed by atoms with Crippen molar-refractivity contribution in [2.24, 2.45) is 5.92 Å². The quantitative estimate of drug-likeness (QED) is 0.643. The second-order valence-electron chi connectivity index (χ2n) is 7.01. The second-order valence-corrected chi connectivity index (χ2v) is 7.01. The average Bonchev–Trinajstić information content (AvgIpc) is 3.40. The van der Waals surface area contributed by atoms with Crippen LogP contribution in [0.2, 0.25) is 0 Å². The number of carbonyl (C=O) groups is 2. The Hall–Kier alpha value is -2.39. The highest BCUT2D eigenvalue weighted by molar-refractivity contribution is 5.92. The van der Waals surface area contributed by atoms with E-state index in [0.29, 0.717) is 0 Å². The van der Waals surface area contributed by atoms with Crippen LogP contribution in [0.3, 0.4) is 0 Å². The summed E-state index contributed by atoms with van der Waals surface area (Å²) in [5, 5.41) is 15.0. The van der Waals surface area contributed by atoms with Crippen LogP contribution in [0, 0.1) is 17.2 Å². The molecule has 1 aromatic carbocycles. The molecule has 1 unspecified atom stereocenters. The molecule has 2 rings (SSSR count). The number of nitrogens with one attached hydrogen (secondary N) is 3. The largest absolute Gasteiger partial charge is 0.333 e. The molecule has 2 amide bonds. The highest BCUT2D eigenvalue weighted by Crippen LogP contribution is 2.39. The normalized spacial score (nSPS) is 17.0. The fourth-order valence-electron chi connectivity index (χ4n) is 2.97. The zero-order chi connectivity index (χ0) is 18.4. The highest BCUT2D eigenvalue weighted by Gasteiger charge is 2.43. The van der Waals surface area contributed by atoms with Gasteiger partial charge in [0.15, 0.2) is 13.1 Å². The molecule has 3 N–H and O–H groups in total. The van der Waals surface area contributed by atoms with Crippen LogP contribution in [0.15, 0.2) is 24.3 Å². The van der Waals surface area contributed by atoms with E-state index in [1.807, 2.05) is 31.2 Å². The van der Waals surface area contributed by atoms with Gasteiger partial charge in [-0.15, -0.1) is 0 Å². The number of hydrogen-bond donors (Lipinski definition) is 3. The van der Waals surface area contributed by atoms with E-state index in [0.717, 1.165) is 35.4 Å². The minimum absolute atomic E-state index is 0.128. The Kier molecular flexibility index (Phi) is 6.16. The van der Waals surface area contributed by atoms with Gasteiger partial charge in [-0.3, -0.25) is 9.59 Å². The van der Waals surface area contributed by atoms with E-state index in [2.05, 4.69) is 16.7 Å². The number of nitriles is 1. The summed E-state index contributed by atoms with van der Waals surface area (Å²) in [6.07, 6.45) is 2.80. The first-order valence-corrected chi connectivity index (χ1v) is 8.79. The molecule has 1 saturated carbocycles. The van der Waals surface area contributed by atoms with Crippen molar-refractivity contribution in [1.29, 1.82) is 5.26 Å². The predicted octanol–water partition coefficient (Wildman–Crippen LogP) is 0.511. The molecule has 1 aliphatic rings. The van der Waals surface area contributed by atoms with Crippen LogP contribution in [0.25, 0.3) is 0 Å². The maximum absolute atomic E-state index is 12.2. The molecule has 6 heteroatoms. The smallest absolute Gasteiger partial charge is 0.279 e. The van der Waals surface area contributed by atoms with Crippen LogP contribution in [0.4, 0.5) is 5.69 Å². The third kappa shape index (κ3) is 5.30. The fraction of sp³-hybridized carbons (Fsp3) is 0.526. The Morgan fingerprint density at radius 1 is 1.28 bits per heavy atom. The van der Waals surface area contributed by atoms with E-state index in [4.69, 9.17) is 0 Å². The highest BCUT2D eigenvalue weighted by atomic mass is 16.2. The SMILES string of the molecule is CCc1ccccc1NC(=O)C[NH+](C)CC(=O)N[C@](C)(C#N)C1CC1. The topological polar surface area (TPSA) is 86.4 Å². The van der Waals surface area contributed by atoms with Crippen LogP contribution in [0.5, 0.6) is 0 Å². The molecule has 134 valence electrons. The fourth-order valence-corrected chi connectivity index (χ4v) is 2.97. The Balaban J connectivity index is 1.83. The lowest BCUT2D eigenvalue weighted by atomic mass is 9.98. The molecule has 0 aliphatic heterocycles. The number of para-hydroxylation sites is 1. The summed E-state index contributed by atoms with van der Waals surface area (Å²) < 4.78 is 0. The number of benzene rings is 1. The van der Waals surface area contributed by atoms with E-state index >= 15 is 0 Å². The molecule has 0 aromatic heterocycles. The van der Waals surface area contributed by atoms with Crippen LogP contribution < -0.4 is 15.5 Å². The van der Waals surface area contributed by atoms with Crippen molar-refractivity contribution < 1.29 is 14.5 Å². The van der Waals surface area contributed by atoms with Crippen molar-refractivity contribution in [2.75, 3.05) is 25.5 Å². The molecule has 0 saturated heterocycles. The van der Waals surface area contributed by atoms with Crippen molar-refractivity contribution in [3.63, 3.8) is 0 Å². The third-order valence-electron chi connectivity index (χ3n) is 4.62. The molecule has 0 spiro atoms. The molecular weight excluding hydrogens is 316 g/mol. The van der Waals surface area contributed by atoms with Gasteiger partial charge in [-0.25, -0.2) is 0 Å². The Labute approximate surface area is 149 Å². The minimum atomic E-state index is -0.792. The van der Waals surface area contributed by atoms with Crippen LogP contribution in [-0.2, 0) is 16.0 Å². The zero-order valence-corrected chi connectivity index (χ0v) is 15.2. The number of likely N-dealkylation sites (N-methyl/N-ethyl adjacent to an activating group) is 1. The average molecular weight is 343 g/mol. The minimum Gasteiger partial charge on any atom is -0.333 e. The van der Waals surface area contributed by atoms with Crippen LogP contribution in [0.1, 0.15) is 32.3 Å². The number of anilines is 1. The van der Waals surface area contributed by atoms with Crippen molar-refractivity contribution in [3.8, 4) is 6.07 Å². The van der Waals surface area contributed by atoms with Gasteiger partial charge in [0, 0.05) is 5.69 Å². The van der Waals surface area contributed by atoms with Gasteiger partial charge >= 0.3 is 0 Å². The molecule has 1 aliphatic carbocycles. The monoisotopic (exact) mass is 343 g/mol. The Morgan fingerprint density at radius 2 is 1.92 bits per heavy atom. The summed E-state index contributed by atoms with van der Waals surface area (Å²) >= 11 is 0. The molecule has 25 heavy (non-hydrogen) atoms. The summed E-state index contributed by atoms with van der Waals surface area (Å²) in [5.41, 5.74) is 1.11. The predicted molar refractivity (Wildman–Crippen MR) is 96.0 cm³/mol. The van der Waals surface area contributed by atoms with Crippen molar-refractivity contribution >= 4 is 17.5 Å². The maximum Gasteiger partial charge on any atom is 0.279 e. The Morgan fingerprint density at radius 3 is 2.52 bits per heavy atom. The number of quaternary nitrogens is 1. The summed E-state index contributed by atoms with van der Waals surface area (Å²) in [7, 11) is 1.80. The molecule has 0 radical (unpaired) electrons.